The van der Waals surface area contributed by atoms with Crippen molar-refractivity contribution < 1.29 is 14.3 Å². The quantitative estimate of drug-likeness (QED) is 0.785. The molecule has 0 radical (unpaired) electrons. The van der Waals surface area contributed by atoms with Crippen LogP contribution in [0.1, 0.15) is 26.7 Å². The summed E-state index contributed by atoms with van der Waals surface area (Å²) >= 11 is 5.86. The fourth-order valence-corrected chi connectivity index (χ4v) is 2.52. The van der Waals surface area contributed by atoms with E-state index in [9.17, 15) is 9.59 Å². The van der Waals surface area contributed by atoms with E-state index >= 15 is 0 Å². The number of hydrogen-bond acceptors (Lipinski definition) is 3. The molecule has 136 valence electrons. The molecule has 1 fully saturated rings. The van der Waals surface area contributed by atoms with Crippen molar-refractivity contribution in [1.82, 2.24) is 0 Å². The van der Waals surface area contributed by atoms with Crippen LogP contribution in [0.15, 0.2) is 48.5 Å². The Balaban J connectivity index is 1.64. The maximum absolute atomic E-state index is 12.6. The Hall–Kier alpha value is -2.53. The predicted molar refractivity (Wildman–Crippen MR) is 103 cm³/mol. The van der Waals surface area contributed by atoms with Gasteiger partial charge in [0.2, 0.25) is 5.91 Å². The fourth-order valence-electron chi connectivity index (χ4n) is 2.39. The molecule has 0 bridgehead atoms. The maximum Gasteiger partial charge on any atom is 0.267 e. The number of rotatable bonds is 6. The van der Waals surface area contributed by atoms with Crippen molar-refractivity contribution >= 4 is 34.8 Å². The Labute approximate surface area is 157 Å². The number of amides is 2. The van der Waals surface area contributed by atoms with E-state index in [1.54, 1.807) is 62.4 Å². The molecule has 6 heteroatoms. The summed E-state index contributed by atoms with van der Waals surface area (Å²) in [7, 11) is 0. The Kier molecular flexibility index (Phi) is 5.18. The molecule has 2 aromatic rings. The second-order valence-electron chi connectivity index (χ2n) is 6.86. The lowest BCUT2D eigenvalue weighted by Crippen LogP contribution is -2.42. The molecule has 26 heavy (non-hydrogen) atoms. The Morgan fingerprint density at radius 3 is 2.27 bits per heavy atom. The summed E-state index contributed by atoms with van der Waals surface area (Å²) < 4.78 is 5.78. The molecule has 2 N–H and O–H groups in total. The number of carbonyl (C=O) groups excluding carboxylic acids is 2. The number of benzene rings is 2. The number of halogens is 1. The van der Waals surface area contributed by atoms with Crippen LogP contribution in [0.2, 0.25) is 5.02 Å². The van der Waals surface area contributed by atoms with Crippen molar-refractivity contribution in [2.24, 2.45) is 5.92 Å². The molecule has 3 rings (SSSR count). The lowest BCUT2D eigenvalue weighted by atomic mass is 10.1. The van der Waals surface area contributed by atoms with Gasteiger partial charge in [-0.05, 0) is 69.2 Å². The minimum atomic E-state index is -1.08. The van der Waals surface area contributed by atoms with Gasteiger partial charge in [0.05, 0.1) is 0 Å². The van der Waals surface area contributed by atoms with Crippen molar-refractivity contribution in [3.63, 3.8) is 0 Å². The average Bonchev–Trinajstić information content (AvgIpc) is 3.42. The molecule has 2 aromatic carbocycles. The monoisotopic (exact) mass is 372 g/mol. The molecule has 0 saturated heterocycles. The van der Waals surface area contributed by atoms with E-state index in [4.69, 9.17) is 16.3 Å². The molecular weight excluding hydrogens is 352 g/mol. The highest BCUT2D eigenvalue weighted by molar-refractivity contribution is 6.30. The van der Waals surface area contributed by atoms with Gasteiger partial charge in [-0.3, -0.25) is 9.59 Å². The summed E-state index contributed by atoms with van der Waals surface area (Å²) in [5.74, 6) is 0.415. The highest BCUT2D eigenvalue weighted by Crippen LogP contribution is 2.30. The number of ether oxygens (including phenoxy) is 1. The Bertz CT molecular complexity index is 814. The molecule has 1 saturated carbocycles. The molecule has 2 amide bonds. The van der Waals surface area contributed by atoms with Gasteiger partial charge in [0.15, 0.2) is 5.60 Å². The van der Waals surface area contributed by atoms with E-state index in [2.05, 4.69) is 10.6 Å². The number of hydrogen-bond donors (Lipinski definition) is 2. The van der Waals surface area contributed by atoms with E-state index in [0.29, 0.717) is 22.1 Å². The van der Waals surface area contributed by atoms with Gasteiger partial charge in [-0.15, -0.1) is 0 Å². The molecule has 5 nitrogen and oxygen atoms in total. The zero-order valence-electron chi connectivity index (χ0n) is 14.7. The number of anilines is 2. The van der Waals surface area contributed by atoms with Gasteiger partial charge in [-0.25, -0.2) is 0 Å². The van der Waals surface area contributed by atoms with E-state index in [1.165, 1.54) is 0 Å². The van der Waals surface area contributed by atoms with Crippen molar-refractivity contribution in [3.8, 4) is 5.75 Å². The van der Waals surface area contributed by atoms with Crippen LogP contribution < -0.4 is 15.4 Å². The maximum atomic E-state index is 12.6. The normalized spacial score (nSPS) is 13.8. The second-order valence-corrected chi connectivity index (χ2v) is 7.30. The highest BCUT2D eigenvalue weighted by atomic mass is 35.5. The molecule has 0 heterocycles. The summed E-state index contributed by atoms with van der Waals surface area (Å²) in [4.78, 5) is 24.5. The van der Waals surface area contributed by atoms with Crippen LogP contribution in [0.4, 0.5) is 11.4 Å². The first-order valence-corrected chi connectivity index (χ1v) is 8.88. The molecule has 1 aliphatic rings. The molecule has 0 aromatic heterocycles. The Morgan fingerprint density at radius 1 is 1.04 bits per heavy atom. The topological polar surface area (TPSA) is 67.4 Å². The summed E-state index contributed by atoms with van der Waals surface area (Å²) in [5, 5.41) is 6.30. The van der Waals surface area contributed by atoms with Gasteiger partial charge in [0.1, 0.15) is 5.75 Å². The molecule has 0 unspecified atom stereocenters. The van der Waals surface area contributed by atoms with Crippen molar-refractivity contribution in [3.05, 3.63) is 53.6 Å². The molecule has 1 aliphatic carbocycles. The predicted octanol–water partition coefficient (Wildman–Crippen LogP) is 4.48. The number of nitrogens with one attached hydrogen (secondary N) is 2. The van der Waals surface area contributed by atoms with Crippen molar-refractivity contribution in [2.45, 2.75) is 32.3 Å². The summed E-state index contributed by atoms with van der Waals surface area (Å²) in [6.07, 6.45) is 1.89. The van der Waals surface area contributed by atoms with Crippen LogP contribution in [-0.4, -0.2) is 17.4 Å². The third-order valence-electron chi connectivity index (χ3n) is 4.07. The molecular formula is C20H21ClN2O3. The number of carbonyl (C=O) groups is 2. The van der Waals surface area contributed by atoms with E-state index in [-0.39, 0.29) is 17.7 Å². The van der Waals surface area contributed by atoms with Gasteiger partial charge >= 0.3 is 0 Å². The second kappa shape index (κ2) is 7.38. The SMILES string of the molecule is CC(C)(Oc1ccc(Cl)cc1)C(=O)Nc1cccc(NC(=O)C2CC2)c1. The first kappa shape index (κ1) is 18.3. The van der Waals surface area contributed by atoms with Gasteiger partial charge in [-0.2, -0.15) is 0 Å². The molecule has 0 aliphatic heterocycles. The van der Waals surface area contributed by atoms with E-state index in [1.807, 2.05) is 0 Å². The average molecular weight is 373 g/mol. The largest absolute Gasteiger partial charge is 0.478 e. The third-order valence-corrected chi connectivity index (χ3v) is 4.32. The van der Waals surface area contributed by atoms with Crippen LogP contribution in [0.3, 0.4) is 0 Å². The zero-order chi connectivity index (χ0) is 18.7. The summed E-state index contributed by atoms with van der Waals surface area (Å²) in [6, 6.07) is 13.9. The smallest absolute Gasteiger partial charge is 0.267 e. The Morgan fingerprint density at radius 2 is 1.65 bits per heavy atom. The minimum Gasteiger partial charge on any atom is -0.478 e. The van der Waals surface area contributed by atoms with E-state index in [0.717, 1.165) is 12.8 Å². The van der Waals surface area contributed by atoms with E-state index < -0.39 is 5.60 Å². The standard InChI is InChI=1S/C20H21ClN2O3/c1-20(2,26-17-10-8-14(21)9-11-17)19(25)23-16-5-3-4-15(12-16)22-18(24)13-6-7-13/h3-5,8-13H,6-7H2,1-2H3,(H,22,24)(H,23,25). The third kappa shape index (κ3) is 4.76. The van der Waals surface area contributed by atoms with Gasteiger partial charge < -0.3 is 15.4 Å². The summed E-state index contributed by atoms with van der Waals surface area (Å²) in [5.41, 5.74) is 0.175. The van der Waals surface area contributed by atoms with Crippen LogP contribution >= 0.6 is 11.6 Å². The minimum absolute atomic E-state index is 0.0277. The highest BCUT2D eigenvalue weighted by Gasteiger charge is 2.31. The summed E-state index contributed by atoms with van der Waals surface area (Å²) in [6.45, 7) is 3.38. The zero-order valence-corrected chi connectivity index (χ0v) is 15.5. The lowest BCUT2D eigenvalue weighted by Gasteiger charge is -2.25. The van der Waals surface area contributed by atoms with Gasteiger partial charge in [0.25, 0.3) is 5.91 Å². The lowest BCUT2D eigenvalue weighted by molar-refractivity contribution is -0.128. The van der Waals surface area contributed by atoms with Crippen LogP contribution in [-0.2, 0) is 9.59 Å². The molecule has 0 atom stereocenters. The van der Waals surface area contributed by atoms with Crippen molar-refractivity contribution in [1.29, 1.82) is 0 Å². The van der Waals surface area contributed by atoms with Crippen LogP contribution in [0.25, 0.3) is 0 Å². The molecule has 0 spiro atoms. The van der Waals surface area contributed by atoms with Crippen molar-refractivity contribution in [2.75, 3.05) is 10.6 Å². The van der Waals surface area contributed by atoms with Gasteiger partial charge in [-0.1, -0.05) is 17.7 Å². The van der Waals surface area contributed by atoms with Gasteiger partial charge in [0, 0.05) is 22.3 Å². The fraction of sp³-hybridized carbons (Fsp3) is 0.300. The first-order valence-electron chi connectivity index (χ1n) is 8.50. The van der Waals surface area contributed by atoms with Crippen LogP contribution in [0.5, 0.6) is 5.75 Å². The first-order chi connectivity index (χ1) is 12.3. The van der Waals surface area contributed by atoms with Crippen LogP contribution in [0, 0.1) is 5.92 Å².